The summed E-state index contributed by atoms with van der Waals surface area (Å²) in [5.41, 5.74) is 1.59. The van der Waals surface area contributed by atoms with Crippen LogP contribution in [-0.4, -0.2) is 52.2 Å². The summed E-state index contributed by atoms with van der Waals surface area (Å²) in [6.45, 7) is 2.50. The van der Waals surface area contributed by atoms with E-state index in [0.29, 0.717) is 12.1 Å². The van der Waals surface area contributed by atoms with Crippen molar-refractivity contribution in [2.24, 2.45) is 0 Å². The van der Waals surface area contributed by atoms with Gasteiger partial charge in [-0.05, 0) is 67.9 Å². The fourth-order valence-corrected chi connectivity index (χ4v) is 4.29. The molecule has 1 unspecified atom stereocenters. The Hall–Kier alpha value is -2.38. The highest BCUT2D eigenvalue weighted by molar-refractivity contribution is 7.90. The largest absolute Gasteiger partial charge is 0.497 e. The minimum atomic E-state index is -3.28. The SMILES string of the molecule is COc1ccc(C(CNC(=O)c2ccc(S(C)(=O)=O)cc2)N2CCCCC2)cc1. The third kappa shape index (κ3) is 5.58. The molecule has 0 saturated carbocycles. The average molecular weight is 417 g/mol. The quantitative estimate of drug-likeness (QED) is 0.751. The van der Waals surface area contributed by atoms with Crippen molar-refractivity contribution in [1.82, 2.24) is 10.2 Å². The Bertz CT molecular complexity index is 918. The van der Waals surface area contributed by atoms with Crippen LogP contribution in [0.2, 0.25) is 0 Å². The van der Waals surface area contributed by atoms with E-state index >= 15 is 0 Å². The minimum absolute atomic E-state index is 0.0837. The van der Waals surface area contributed by atoms with Crippen LogP contribution in [0.3, 0.4) is 0 Å². The number of nitrogens with zero attached hydrogens (tertiary/aromatic N) is 1. The summed E-state index contributed by atoms with van der Waals surface area (Å²) in [4.78, 5) is 15.2. The zero-order chi connectivity index (χ0) is 20.9. The summed E-state index contributed by atoms with van der Waals surface area (Å²) in [5.74, 6) is 0.599. The van der Waals surface area contributed by atoms with Gasteiger partial charge in [0.25, 0.3) is 5.91 Å². The Kier molecular flexibility index (Phi) is 6.92. The second-order valence-corrected chi connectivity index (χ2v) is 9.41. The molecule has 1 heterocycles. The standard InChI is InChI=1S/C22H28N2O4S/c1-28-19-10-6-17(7-11-19)21(24-14-4-3-5-15-24)16-23-22(25)18-8-12-20(13-9-18)29(2,26)27/h6-13,21H,3-5,14-16H2,1-2H3,(H,23,25). The summed E-state index contributed by atoms with van der Waals surface area (Å²) in [5, 5.41) is 3.02. The van der Waals surface area contributed by atoms with Crippen molar-refractivity contribution in [2.45, 2.75) is 30.2 Å². The van der Waals surface area contributed by atoms with Crippen LogP contribution in [0, 0.1) is 0 Å². The fourth-order valence-electron chi connectivity index (χ4n) is 3.66. The van der Waals surface area contributed by atoms with Crippen molar-refractivity contribution in [3.63, 3.8) is 0 Å². The molecule has 7 heteroatoms. The maximum atomic E-state index is 12.6. The Morgan fingerprint density at radius 1 is 1.03 bits per heavy atom. The number of hydrogen-bond donors (Lipinski definition) is 1. The molecule has 29 heavy (non-hydrogen) atoms. The number of benzene rings is 2. The van der Waals surface area contributed by atoms with Crippen molar-refractivity contribution in [1.29, 1.82) is 0 Å². The maximum absolute atomic E-state index is 12.6. The van der Waals surface area contributed by atoms with Gasteiger partial charge in [-0.25, -0.2) is 8.42 Å². The number of carbonyl (C=O) groups is 1. The zero-order valence-corrected chi connectivity index (χ0v) is 17.7. The average Bonchev–Trinajstić information content (AvgIpc) is 2.74. The van der Waals surface area contributed by atoms with Crippen LogP contribution in [-0.2, 0) is 9.84 Å². The molecule has 0 radical (unpaired) electrons. The van der Waals surface area contributed by atoms with Crippen LogP contribution >= 0.6 is 0 Å². The Morgan fingerprint density at radius 3 is 2.21 bits per heavy atom. The molecule has 1 aliphatic rings. The van der Waals surface area contributed by atoms with Crippen molar-refractivity contribution >= 4 is 15.7 Å². The molecule has 3 rings (SSSR count). The number of likely N-dealkylation sites (tertiary alicyclic amines) is 1. The highest BCUT2D eigenvalue weighted by Crippen LogP contribution is 2.26. The number of rotatable bonds is 7. The molecule has 0 bridgehead atoms. The normalized spacial score (nSPS) is 16.2. The van der Waals surface area contributed by atoms with E-state index in [9.17, 15) is 13.2 Å². The molecule has 6 nitrogen and oxygen atoms in total. The van der Waals surface area contributed by atoms with Crippen LogP contribution in [0.5, 0.6) is 5.75 Å². The predicted molar refractivity (Wildman–Crippen MR) is 113 cm³/mol. The van der Waals surface area contributed by atoms with Gasteiger partial charge in [0.2, 0.25) is 0 Å². The molecule has 0 aromatic heterocycles. The molecular formula is C22H28N2O4S. The van der Waals surface area contributed by atoms with Crippen LogP contribution in [0.25, 0.3) is 0 Å². The van der Waals surface area contributed by atoms with Crippen LogP contribution in [0.15, 0.2) is 53.4 Å². The van der Waals surface area contributed by atoms with E-state index in [1.54, 1.807) is 19.2 Å². The lowest BCUT2D eigenvalue weighted by Gasteiger charge is -2.35. The Morgan fingerprint density at radius 2 is 1.66 bits per heavy atom. The lowest BCUT2D eigenvalue weighted by Crippen LogP contribution is -2.40. The fraction of sp³-hybridized carbons (Fsp3) is 0.409. The second-order valence-electron chi connectivity index (χ2n) is 7.39. The first-order valence-electron chi connectivity index (χ1n) is 9.85. The predicted octanol–water partition coefficient (Wildman–Crippen LogP) is 3.06. The van der Waals surface area contributed by atoms with Crippen molar-refractivity contribution < 1.29 is 17.9 Å². The first-order valence-corrected chi connectivity index (χ1v) is 11.7. The van der Waals surface area contributed by atoms with E-state index in [1.807, 2.05) is 24.3 Å². The van der Waals surface area contributed by atoms with Gasteiger partial charge in [-0.2, -0.15) is 0 Å². The summed E-state index contributed by atoms with van der Waals surface area (Å²) in [6, 6.07) is 14.1. The van der Waals surface area contributed by atoms with Crippen LogP contribution in [0.1, 0.15) is 41.2 Å². The summed E-state index contributed by atoms with van der Waals surface area (Å²) >= 11 is 0. The number of amides is 1. The van der Waals surface area contributed by atoms with Gasteiger partial charge in [0.15, 0.2) is 9.84 Å². The zero-order valence-electron chi connectivity index (χ0n) is 16.9. The summed E-state index contributed by atoms with van der Waals surface area (Å²) in [7, 11) is -1.63. The van der Waals surface area contributed by atoms with E-state index in [1.165, 1.54) is 18.6 Å². The monoisotopic (exact) mass is 416 g/mol. The van der Waals surface area contributed by atoms with E-state index in [-0.39, 0.29) is 16.8 Å². The third-order valence-corrected chi connectivity index (χ3v) is 6.46. The third-order valence-electron chi connectivity index (χ3n) is 5.33. The molecule has 1 aliphatic heterocycles. The van der Waals surface area contributed by atoms with E-state index in [2.05, 4.69) is 10.2 Å². The highest BCUT2D eigenvalue weighted by atomic mass is 32.2. The second kappa shape index (κ2) is 9.41. The molecule has 1 atom stereocenters. The van der Waals surface area contributed by atoms with E-state index in [4.69, 9.17) is 4.74 Å². The van der Waals surface area contributed by atoms with Gasteiger partial charge in [-0.3, -0.25) is 9.69 Å². The molecule has 1 N–H and O–H groups in total. The summed E-state index contributed by atoms with van der Waals surface area (Å²) in [6.07, 6.45) is 4.71. The number of methoxy groups -OCH3 is 1. The topological polar surface area (TPSA) is 75.7 Å². The van der Waals surface area contributed by atoms with Crippen LogP contribution < -0.4 is 10.1 Å². The molecule has 0 aliphatic carbocycles. The Labute approximate surface area is 172 Å². The smallest absolute Gasteiger partial charge is 0.251 e. The minimum Gasteiger partial charge on any atom is -0.497 e. The van der Waals surface area contributed by atoms with Gasteiger partial charge in [0, 0.05) is 18.4 Å². The molecule has 2 aromatic carbocycles. The maximum Gasteiger partial charge on any atom is 0.251 e. The lowest BCUT2D eigenvalue weighted by atomic mass is 10.0. The van der Waals surface area contributed by atoms with E-state index in [0.717, 1.165) is 43.5 Å². The first-order chi connectivity index (χ1) is 13.9. The first kappa shape index (κ1) is 21.3. The molecule has 2 aromatic rings. The highest BCUT2D eigenvalue weighted by Gasteiger charge is 2.23. The van der Waals surface area contributed by atoms with Gasteiger partial charge in [0.05, 0.1) is 18.0 Å². The van der Waals surface area contributed by atoms with Gasteiger partial charge in [-0.15, -0.1) is 0 Å². The molecule has 0 spiro atoms. The van der Waals surface area contributed by atoms with Gasteiger partial charge in [-0.1, -0.05) is 18.6 Å². The number of nitrogens with one attached hydrogen (secondary N) is 1. The van der Waals surface area contributed by atoms with Crippen LogP contribution in [0.4, 0.5) is 0 Å². The summed E-state index contributed by atoms with van der Waals surface area (Å²) < 4.78 is 28.4. The molecular weight excluding hydrogens is 388 g/mol. The number of piperidine rings is 1. The van der Waals surface area contributed by atoms with Gasteiger partial charge >= 0.3 is 0 Å². The van der Waals surface area contributed by atoms with E-state index < -0.39 is 9.84 Å². The van der Waals surface area contributed by atoms with Gasteiger partial charge in [0.1, 0.15) is 5.75 Å². The molecule has 1 saturated heterocycles. The van der Waals surface area contributed by atoms with Crippen molar-refractivity contribution in [3.8, 4) is 5.75 Å². The Balaban J connectivity index is 1.72. The lowest BCUT2D eigenvalue weighted by molar-refractivity contribution is 0.0924. The number of sulfone groups is 1. The van der Waals surface area contributed by atoms with Crippen molar-refractivity contribution in [2.75, 3.05) is 33.0 Å². The van der Waals surface area contributed by atoms with Gasteiger partial charge < -0.3 is 10.1 Å². The number of carbonyl (C=O) groups excluding carboxylic acids is 1. The molecule has 156 valence electrons. The van der Waals surface area contributed by atoms with Crippen molar-refractivity contribution in [3.05, 3.63) is 59.7 Å². The number of ether oxygens (including phenoxy) is 1. The number of hydrogen-bond acceptors (Lipinski definition) is 5. The molecule has 1 fully saturated rings. The molecule has 1 amide bonds.